The van der Waals surface area contributed by atoms with Gasteiger partial charge in [-0.25, -0.2) is 15.0 Å². The number of hydrogen-bond donors (Lipinski definition) is 0. The van der Waals surface area contributed by atoms with Crippen LogP contribution in [-0.4, -0.2) is 24.1 Å². The van der Waals surface area contributed by atoms with Crippen molar-refractivity contribution in [3.63, 3.8) is 0 Å². The van der Waals surface area contributed by atoms with E-state index in [9.17, 15) is 0 Å². The van der Waals surface area contributed by atoms with Gasteiger partial charge in [0.25, 0.3) is 0 Å². The van der Waals surface area contributed by atoms with Crippen molar-refractivity contribution in [1.29, 1.82) is 0 Å². The summed E-state index contributed by atoms with van der Waals surface area (Å²) >= 11 is 0. The summed E-state index contributed by atoms with van der Waals surface area (Å²) in [6, 6.07) is 79.8. The van der Waals surface area contributed by atoms with Crippen molar-refractivity contribution >= 4 is 97.9 Å². The monoisotopic (exact) mass is 879 g/mol. The molecule has 15 rings (SSSR count). The molecule has 0 radical (unpaired) electrons. The SMILES string of the molecule is c1ccc(-n2c3ccccc3c3cccc(-c4nc(-c5ccc6ccccc6c5)nc(-c5cc(-n6c7cc8ccccc8cc7c7cc8ccccc8cc76)c6oc7ccccc7c6c5)n4)c32)cc1. The first-order valence-corrected chi connectivity index (χ1v) is 23.3. The molecule has 4 heterocycles. The van der Waals surface area contributed by atoms with Crippen LogP contribution in [0.2, 0.25) is 0 Å². The lowest BCUT2D eigenvalue weighted by Crippen LogP contribution is -2.03. The molecule has 0 spiro atoms. The number of para-hydroxylation sites is 4. The molecule has 0 aliphatic heterocycles. The Morgan fingerprint density at radius 1 is 0.319 bits per heavy atom. The second-order valence-corrected chi connectivity index (χ2v) is 18.0. The highest BCUT2D eigenvalue weighted by atomic mass is 16.3. The van der Waals surface area contributed by atoms with Crippen LogP contribution in [-0.2, 0) is 0 Å². The molecule has 4 aromatic heterocycles. The summed E-state index contributed by atoms with van der Waals surface area (Å²) < 4.78 is 11.7. The summed E-state index contributed by atoms with van der Waals surface area (Å²) in [4.78, 5) is 16.4. The van der Waals surface area contributed by atoms with Gasteiger partial charge in [-0.3, -0.25) is 0 Å². The maximum atomic E-state index is 6.95. The second kappa shape index (κ2) is 14.6. The van der Waals surface area contributed by atoms with Crippen LogP contribution in [0, 0.1) is 0 Å². The normalized spacial score (nSPS) is 12.1. The molecule has 0 aliphatic carbocycles. The zero-order valence-electron chi connectivity index (χ0n) is 37.0. The molecule has 320 valence electrons. The zero-order valence-corrected chi connectivity index (χ0v) is 37.0. The first-order valence-electron chi connectivity index (χ1n) is 23.3. The van der Waals surface area contributed by atoms with Crippen LogP contribution in [0.3, 0.4) is 0 Å². The number of fused-ring (bicyclic) bond motifs is 12. The Balaban J connectivity index is 1.06. The zero-order chi connectivity index (χ0) is 45.2. The number of rotatable bonds is 5. The Morgan fingerprint density at radius 3 is 1.61 bits per heavy atom. The van der Waals surface area contributed by atoms with Crippen molar-refractivity contribution in [3.05, 3.63) is 224 Å². The summed E-state index contributed by atoms with van der Waals surface area (Å²) in [5, 5.41) is 13.6. The predicted octanol–water partition coefficient (Wildman–Crippen LogP) is 16.4. The van der Waals surface area contributed by atoms with Gasteiger partial charge in [-0.2, -0.15) is 0 Å². The largest absolute Gasteiger partial charge is 0.454 e. The van der Waals surface area contributed by atoms with E-state index in [1.807, 2.05) is 6.07 Å². The quantitative estimate of drug-likeness (QED) is 0.173. The van der Waals surface area contributed by atoms with E-state index in [-0.39, 0.29) is 0 Å². The van der Waals surface area contributed by atoms with Gasteiger partial charge in [-0.15, -0.1) is 0 Å². The average molecular weight is 880 g/mol. The minimum Gasteiger partial charge on any atom is -0.454 e. The first kappa shape index (κ1) is 37.8. The van der Waals surface area contributed by atoms with Crippen molar-refractivity contribution in [1.82, 2.24) is 24.1 Å². The highest BCUT2D eigenvalue weighted by molar-refractivity contribution is 6.19. The summed E-state index contributed by atoms with van der Waals surface area (Å²) in [5.41, 5.74) is 10.6. The second-order valence-electron chi connectivity index (χ2n) is 18.0. The van der Waals surface area contributed by atoms with Crippen LogP contribution in [0.5, 0.6) is 0 Å². The van der Waals surface area contributed by atoms with Gasteiger partial charge in [-0.1, -0.05) is 152 Å². The van der Waals surface area contributed by atoms with E-state index in [1.54, 1.807) is 0 Å². The minimum absolute atomic E-state index is 0.563. The number of aromatic nitrogens is 5. The van der Waals surface area contributed by atoms with E-state index in [2.05, 4.69) is 228 Å². The van der Waals surface area contributed by atoms with Crippen LogP contribution in [0.15, 0.2) is 229 Å². The van der Waals surface area contributed by atoms with Gasteiger partial charge in [0, 0.05) is 54.7 Å². The summed E-state index contributed by atoms with van der Waals surface area (Å²) in [6.45, 7) is 0. The molecular formula is C63H37N5O. The van der Waals surface area contributed by atoms with E-state index in [1.165, 1.54) is 32.3 Å². The summed E-state index contributed by atoms with van der Waals surface area (Å²) in [7, 11) is 0. The number of furan rings is 1. The van der Waals surface area contributed by atoms with Gasteiger partial charge in [0.15, 0.2) is 23.1 Å². The van der Waals surface area contributed by atoms with E-state index < -0.39 is 0 Å². The fourth-order valence-corrected chi connectivity index (χ4v) is 10.9. The molecule has 0 unspecified atom stereocenters. The van der Waals surface area contributed by atoms with Gasteiger partial charge in [0.2, 0.25) is 0 Å². The van der Waals surface area contributed by atoms with Crippen molar-refractivity contribution in [3.8, 4) is 45.5 Å². The Morgan fingerprint density at radius 2 is 0.884 bits per heavy atom. The maximum Gasteiger partial charge on any atom is 0.166 e. The molecule has 69 heavy (non-hydrogen) atoms. The third-order valence-electron chi connectivity index (χ3n) is 14.1. The number of benzene rings is 11. The lowest BCUT2D eigenvalue weighted by Gasteiger charge is -2.14. The maximum absolute atomic E-state index is 6.95. The topological polar surface area (TPSA) is 61.7 Å². The highest BCUT2D eigenvalue weighted by Crippen LogP contribution is 2.44. The van der Waals surface area contributed by atoms with E-state index >= 15 is 0 Å². The van der Waals surface area contributed by atoms with E-state index in [0.29, 0.717) is 17.5 Å². The number of nitrogens with zero attached hydrogens (tertiary/aromatic N) is 5. The summed E-state index contributed by atoms with van der Waals surface area (Å²) in [5.74, 6) is 1.74. The Hall–Kier alpha value is -9.39. The van der Waals surface area contributed by atoms with Crippen molar-refractivity contribution in [2.75, 3.05) is 0 Å². The lowest BCUT2D eigenvalue weighted by atomic mass is 10.0. The fourth-order valence-electron chi connectivity index (χ4n) is 10.9. The van der Waals surface area contributed by atoms with Gasteiger partial charge in [-0.05, 0) is 105 Å². The molecule has 6 nitrogen and oxygen atoms in total. The lowest BCUT2D eigenvalue weighted by molar-refractivity contribution is 0.666. The third kappa shape index (κ3) is 5.76. The number of hydrogen-bond acceptors (Lipinski definition) is 4. The van der Waals surface area contributed by atoms with Crippen molar-refractivity contribution < 1.29 is 4.42 Å². The van der Waals surface area contributed by atoms with Crippen molar-refractivity contribution in [2.24, 2.45) is 0 Å². The Labute approximate surface area is 394 Å². The standard InChI is InChI=1S/C63H37N5O/c1-2-21-46(22-3-1)67-54-27-12-10-23-47(54)49-25-14-26-50(59(49)67)63-65-61(44-30-29-38-15-4-5-16-39(38)31-44)64-62(66-63)45-34-53-48-24-11-13-28-58(48)69-60(53)57(37-45)68-55-35-42-19-8-6-17-40(42)32-51(55)52-33-41-18-7-9-20-43(41)36-56(52)68/h1-37H. The Bertz CT molecular complexity index is 4520. The minimum atomic E-state index is 0.563. The van der Waals surface area contributed by atoms with Crippen LogP contribution in [0.25, 0.3) is 143 Å². The molecule has 0 aliphatic rings. The molecule has 0 bridgehead atoms. The smallest absolute Gasteiger partial charge is 0.166 e. The molecule has 0 atom stereocenters. The molecule has 0 N–H and O–H groups in total. The van der Waals surface area contributed by atoms with Gasteiger partial charge in [0.1, 0.15) is 5.58 Å². The van der Waals surface area contributed by atoms with Crippen LogP contribution in [0.4, 0.5) is 0 Å². The van der Waals surface area contributed by atoms with E-state index in [0.717, 1.165) is 93.6 Å². The van der Waals surface area contributed by atoms with Crippen LogP contribution >= 0.6 is 0 Å². The van der Waals surface area contributed by atoms with Crippen molar-refractivity contribution in [2.45, 2.75) is 0 Å². The molecule has 0 saturated heterocycles. The molecule has 11 aromatic carbocycles. The fraction of sp³-hybridized carbons (Fsp3) is 0. The highest BCUT2D eigenvalue weighted by Gasteiger charge is 2.24. The predicted molar refractivity (Wildman–Crippen MR) is 285 cm³/mol. The van der Waals surface area contributed by atoms with Crippen LogP contribution < -0.4 is 0 Å². The third-order valence-corrected chi connectivity index (χ3v) is 14.1. The van der Waals surface area contributed by atoms with Crippen LogP contribution in [0.1, 0.15) is 0 Å². The molecule has 0 fully saturated rings. The Kier molecular flexibility index (Phi) is 7.97. The van der Waals surface area contributed by atoms with E-state index in [4.69, 9.17) is 19.4 Å². The van der Waals surface area contributed by atoms with Gasteiger partial charge >= 0.3 is 0 Å². The average Bonchev–Trinajstić information content (AvgIpc) is 4.06. The summed E-state index contributed by atoms with van der Waals surface area (Å²) in [6.07, 6.45) is 0. The molecule has 0 saturated carbocycles. The molecule has 6 heteroatoms. The molecule has 15 aromatic rings. The molecular weight excluding hydrogens is 843 g/mol. The first-order chi connectivity index (χ1) is 34.2. The van der Waals surface area contributed by atoms with Gasteiger partial charge in [0.05, 0.1) is 27.8 Å². The van der Waals surface area contributed by atoms with Gasteiger partial charge < -0.3 is 13.6 Å². The molecule has 0 amide bonds.